The number of imide groups is 1. The van der Waals surface area contributed by atoms with Gasteiger partial charge in [0.15, 0.2) is 0 Å². The Kier molecular flexibility index (Phi) is 3.74. The van der Waals surface area contributed by atoms with E-state index in [9.17, 15) is 9.59 Å². The van der Waals surface area contributed by atoms with E-state index >= 15 is 0 Å². The van der Waals surface area contributed by atoms with Gasteiger partial charge < -0.3 is 0 Å². The summed E-state index contributed by atoms with van der Waals surface area (Å²) in [4.78, 5) is 25.1. The molecule has 1 aliphatic rings. The van der Waals surface area contributed by atoms with Crippen LogP contribution in [0.4, 0.5) is 5.69 Å². The molecule has 2 rings (SSSR count). The van der Waals surface area contributed by atoms with Crippen LogP contribution in [0.15, 0.2) is 24.3 Å². The van der Waals surface area contributed by atoms with Gasteiger partial charge in [0, 0.05) is 6.42 Å². The van der Waals surface area contributed by atoms with Gasteiger partial charge in [-0.3, -0.25) is 9.59 Å². The highest BCUT2D eigenvalue weighted by Gasteiger charge is 2.40. The highest BCUT2D eigenvalue weighted by molar-refractivity contribution is 8.00. The van der Waals surface area contributed by atoms with E-state index in [1.165, 1.54) is 16.7 Å². The van der Waals surface area contributed by atoms with Crippen molar-refractivity contribution in [1.29, 1.82) is 0 Å². The van der Waals surface area contributed by atoms with E-state index in [1.807, 2.05) is 6.92 Å². The Hall–Kier alpha value is -1.00. The number of nitrogens with zero attached hydrogens (tertiary/aromatic N) is 1. The Morgan fingerprint density at radius 3 is 2.76 bits per heavy atom. The maximum atomic E-state index is 12.1. The number of carbonyl (C=O) groups is 2. The topological polar surface area (TPSA) is 37.4 Å². The second-order valence-corrected chi connectivity index (χ2v) is 5.55. The monoisotopic (exact) mass is 269 g/mol. The minimum absolute atomic E-state index is 0.157. The molecule has 90 valence electrons. The van der Waals surface area contributed by atoms with E-state index < -0.39 is 0 Å². The molecule has 2 amide bonds. The van der Waals surface area contributed by atoms with Crippen LogP contribution in [0.5, 0.6) is 0 Å². The van der Waals surface area contributed by atoms with E-state index in [2.05, 4.69) is 0 Å². The third-order valence-corrected chi connectivity index (χ3v) is 3.99. The zero-order valence-corrected chi connectivity index (χ0v) is 10.9. The summed E-state index contributed by atoms with van der Waals surface area (Å²) in [5.41, 5.74) is 0.489. The van der Waals surface area contributed by atoms with Crippen molar-refractivity contribution in [3.63, 3.8) is 0 Å². The highest BCUT2D eigenvalue weighted by atomic mass is 35.5. The molecule has 1 fully saturated rings. The van der Waals surface area contributed by atoms with E-state index in [-0.39, 0.29) is 23.5 Å². The molecule has 0 unspecified atom stereocenters. The molecule has 3 nitrogen and oxygen atoms in total. The number of carbonyl (C=O) groups excluding carboxylic acids is 2. The SMILES string of the molecule is CCS[C@@H]1CC(=O)N(c2ccccc2Cl)C1=O. The maximum absolute atomic E-state index is 12.1. The molecule has 17 heavy (non-hydrogen) atoms. The van der Waals surface area contributed by atoms with Crippen molar-refractivity contribution in [2.24, 2.45) is 0 Å². The molecule has 1 aromatic carbocycles. The number of anilines is 1. The van der Waals surface area contributed by atoms with Crippen molar-refractivity contribution in [2.75, 3.05) is 10.7 Å². The van der Waals surface area contributed by atoms with Crippen LogP contribution < -0.4 is 4.90 Å². The maximum Gasteiger partial charge on any atom is 0.247 e. The summed E-state index contributed by atoms with van der Waals surface area (Å²) >= 11 is 7.51. The summed E-state index contributed by atoms with van der Waals surface area (Å²) < 4.78 is 0. The number of hydrogen-bond acceptors (Lipinski definition) is 3. The Balaban J connectivity index is 2.31. The van der Waals surface area contributed by atoms with Crippen LogP contribution in [0.2, 0.25) is 5.02 Å². The van der Waals surface area contributed by atoms with Gasteiger partial charge in [-0.05, 0) is 17.9 Å². The molecule has 1 heterocycles. The molecule has 0 saturated carbocycles. The normalized spacial score (nSPS) is 20.1. The number of hydrogen-bond donors (Lipinski definition) is 0. The zero-order chi connectivity index (χ0) is 12.4. The molecule has 1 aliphatic heterocycles. The fourth-order valence-electron chi connectivity index (χ4n) is 1.82. The van der Waals surface area contributed by atoms with Crippen molar-refractivity contribution in [2.45, 2.75) is 18.6 Å². The summed E-state index contributed by atoms with van der Waals surface area (Å²) in [6, 6.07) is 6.91. The van der Waals surface area contributed by atoms with Crippen LogP contribution in [0.3, 0.4) is 0 Å². The molecule has 0 spiro atoms. The second-order valence-electron chi connectivity index (χ2n) is 3.67. The first-order valence-electron chi connectivity index (χ1n) is 5.38. The third kappa shape index (κ3) is 2.33. The van der Waals surface area contributed by atoms with Crippen molar-refractivity contribution in [3.8, 4) is 0 Å². The lowest BCUT2D eigenvalue weighted by Gasteiger charge is -2.15. The summed E-state index contributed by atoms with van der Waals surface area (Å²) in [5, 5.41) is 0.167. The van der Waals surface area contributed by atoms with Crippen LogP contribution in [-0.2, 0) is 9.59 Å². The van der Waals surface area contributed by atoms with Gasteiger partial charge in [0.25, 0.3) is 0 Å². The fourth-order valence-corrected chi connectivity index (χ4v) is 2.95. The van der Waals surface area contributed by atoms with Crippen molar-refractivity contribution < 1.29 is 9.59 Å². The summed E-state index contributed by atoms with van der Waals surface area (Å²) in [6.07, 6.45) is 0.266. The predicted molar refractivity (Wildman–Crippen MR) is 70.5 cm³/mol. The van der Waals surface area contributed by atoms with Gasteiger partial charge in [0.1, 0.15) is 0 Å². The lowest BCUT2D eigenvalue weighted by molar-refractivity contribution is -0.121. The second kappa shape index (κ2) is 5.10. The first-order valence-corrected chi connectivity index (χ1v) is 6.80. The molecule has 0 radical (unpaired) electrons. The third-order valence-electron chi connectivity index (χ3n) is 2.57. The standard InChI is InChI=1S/C12H12ClNO2S/c1-2-17-10-7-11(15)14(12(10)16)9-6-4-3-5-8(9)13/h3-6,10H,2,7H2,1H3/t10-/m1/s1. The van der Waals surface area contributed by atoms with Gasteiger partial charge in [0.05, 0.1) is 16.0 Å². The van der Waals surface area contributed by atoms with Gasteiger partial charge in [0.2, 0.25) is 11.8 Å². The lowest BCUT2D eigenvalue weighted by Crippen LogP contribution is -2.31. The molecular formula is C12H12ClNO2S. The van der Waals surface area contributed by atoms with Crippen molar-refractivity contribution in [3.05, 3.63) is 29.3 Å². The summed E-state index contributed by atoms with van der Waals surface area (Å²) in [6.45, 7) is 1.97. The number of halogens is 1. The summed E-state index contributed by atoms with van der Waals surface area (Å²) in [5.74, 6) is 0.490. The molecular weight excluding hydrogens is 258 g/mol. The van der Waals surface area contributed by atoms with E-state index in [4.69, 9.17) is 11.6 Å². The fraction of sp³-hybridized carbons (Fsp3) is 0.333. The Morgan fingerprint density at radius 1 is 1.41 bits per heavy atom. The number of rotatable bonds is 3. The number of amides is 2. The molecule has 5 heteroatoms. The van der Waals surface area contributed by atoms with Crippen LogP contribution in [0.1, 0.15) is 13.3 Å². The van der Waals surface area contributed by atoms with Crippen LogP contribution in [0, 0.1) is 0 Å². The minimum atomic E-state index is -0.260. The number of benzene rings is 1. The summed E-state index contributed by atoms with van der Waals surface area (Å²) in [7, 11) is 0. The van der Waals surface area contributed by atoms with Crippen LogP contribution >= 0.6 is 23.4 Å². The molecule has 0 bridgehead atoms. The molecule has 1 atom stereocenters. The largest absolute Gasteiger partial charge is 0.274 e. The number of para-hydroxylation sites is 1. The molecule has 1 aromatic rings. The van der Waals surface area contributed by atoms with E-state index in [0.717, 1.165) is 5.75 Å². The Labute approximate surface area is 109 Å². The average Bonchev–Trinajstić information content (AvgIpc) is 2.57. The number of thioether (sulfide) groups is 1. The van der Waals surface area contributed by atoms with Gasteiger partial charge in [-0.15, -0.1) is 11.8 Å². The van der Waals surface area contributed by atoms with Crippen LogP contribution in [0.25, 0.3) is 0 Å². The average molecular weight is 270 g/mol. The van der Waals surface area contributed by atoms with E-state index in [0.29, 0.717) is 10.7 Å². The zero-order valence-electron chi connectivity index (χ0n) is 9.35. The van der Waals surface area contributed by atoms with E-state index in [1.54, 1.807) is 24.3 Å². The first kappa shape index (κ1) is 12.5. The van der Waals surface area contributed by atoms with Crippen molar-refractivity contribution in [1.82, 2.24) is 0 Å². The quantitative estimate of drug-likeness (QED) is 0.792. The van der Waals surface area contributed by atoms with Gasteiger partial charge >= 0.3 is 0 Å². The predicted octanol–water partition coefficient (Wildman–Crippen LogP) is 2.73. The molecule has 0 N–H and O–H groups in total. The Bertz CT molecular complexity index is 464. The molecule has 0 aliphatic carbocycles. The minimum Gasteiger partial charge on any atom is -0.274 e. The van der Waals surface area contributed by atoms with Crippen LogP contribution in [-0.4, -0.2) is 22.8 Å². The first-order chi connectivity index (χ1) is 8.15. The van der Waals surface area contributed by atoms with Gasteiger partial charge in [-0.25, -0.2) is 4.90 Å². The Morgan fingerprint density at radius 2 is 2.12 bits per heavy atom. The lowest BCUT2D eigenvalue weighted by atomic mass is 10.3. The van der Waals surface area contributed by atoms with Gasteiger partial charge in [-0.1, -0.05) is 30.7 Å². The molecule has 1 saturated heterocycles. The molecule has 0 aromatic heterocycles. The highest BCUT2D eigenvalue weighted by Crippen LogP contribution is 2.33. The van der Waals surface area contributed by atoms with Gasteiger partial charge in [-0.2, -0.15) is 0 Å². The smallest absolute Gasteiger partial charge is 0.247 e. The van der Waals surface area contributed by atoms with Crippen molar-refractivity contribution >= 4 is 40.9 Å².